The molecule has 0 radical (unpaired) electrons. The van der Waals surface area contributed by atoms with E-state index >= 15 is 0 Å². The number of carbonyl (C=O) groups excluding carboxylic acids is 2. The summed E-state index contributed by atoms with van der Waals surface area (Å²) in [7, 11) is -3.92. The molecule has 3 N–H and O–H groups in total. The van der Waals surface area contributed by atoms with Crippen LogP contribution in [0.15, 0.2) is 41.3 Å². The molecular weight excluding hydrogens is 414 g/mol. The van der Waals surface area contributed by atoms with Gasteiger partial charge in [0.25, 0.3) is 10.0 Å². The van der Waals surface area contributed by atoms with E-state index in [4.69, 9.17) is 0 Å². The lowest BCUT2D eigenvalue weighted by Crippen LogP contribution is -2.45. The van der Waals surface area contributed by atoms with Crippen LogP contribution in [0.2, 0.25) is 0 Å². The van der Waals surface area contributed by atoms with Crippen LogP contribution in [0.5, 0.6) is 0 Å². The summed E-state index contributed by atoms with van der Waals surface area (Å²) in [5.41, 5.74) is 0.929. The second-order valence-corrected chi connectivity index (χ2v) is 10.7. The molecule has 0 aromatic heterocycles. The molecule has 3 aliphatic carbocycles. The molecule has 168 valence electrons. The summed E-state index contributed by atoms with van der Waals surface area (Å²) in [6.45, 7) is 0.518. The fraction of sp³-hybridized carbons (Fsp3) is 0.565. The number of urea groups is 1. The van der Waals surface area contributed by atoms with E-state index in [9.17, 15) is 18.0 Å². The van der Waals surface area contributed by atoms with Crippen LogP contribution in [0.25, 0.3) is 0 Å². The second kappa shape index (κ2) is 9.42. The Morgan fingerprint density at radius 3 is 2.35 bits per heavy atom. The number of sulfonamides is 1. The topological polar surface area (TPSA) is 104 Å². The van der Waals surface area contributed by atoms with Gasteiger partial charge in [-0.1, -0.05) is 43.5 Å². The number of amides is 3. The van der Waals surface area contributed by atoms with Crippen molar-refractivity contribution in [2.24, 2.45) is 17.8 Å². The van der Waals surface area contributed by atoms with Crippen molar-refractivity contribution in [3.05, 3.63) is 42.0 Å². The summed E-state index contributed by atoms with van der Waals surface area (Å²) in [5.74, 6) is 1.16. The maximum Gasteiger partial charge on any atom is 0.328 e. The van der Waals surface area contributed by atoms with Crippen molar-refractivity contribution in [1.82, 2.24) is 15.4 Å². The molecule has 0 spiro atoms. The quantitative estimate of drug-likeness (QED) is 0.561. The third-order valence-corrected chi connectivity index (χ3v) is 8.08. The maximum atomic E-state index is 12.5. The van der Waals surface area contributed by atoms with Crippen LogP contribution in [0.4, 0.5) is 4.79 Å². The number of hydrogen-bond acceptors (Lipinski definition) is 4. The van der Waals surface area contributed by atoms with Crippen molar-refractivity contribution >= 4 is 22.0 Å². The molecule has 3 amide bonds. The highest BCUT2D eigenvalue weighted by molar-refractivity contribution is 7.90. The van der Waals surface area contributed by atoms with Crippen molar-refractivity contribution in [3.8, 4) is 0 Å². The Balaban J connectivity index is 1.23. The summed E-state index contributed by atoms with van der Waals surface area (Å²) in [6.07, 6.45) is 12.1. The van der Waals surface area contributed by atoms with Gasteiger partial charge in [0, 0.05) is 18.5 Å². The number of allylic oxidation sites excluding steroid dienone is 2. The second-order valence-electron chi connectivity index (χ2n) is 8.99. The monoisotopic (exact) mass is 445 g/mol. The number of rotatable bonds is 7. The van der Waals surface area contributed by atoms with Crippen LogP contribution < -0.4 is 15.4 Å². The normalized spacial score (nSPS) is 25.4. The highest BCUT2D eigenvalue weighted by atomic mass is 32.2. The first-order valence-corrected chi connectivity index (χ1v) is 12.8. The molecule has 0 aliphatic heterocycles. The van der Waals surface area contributed by atoms with Crippen molar-refractivity contribution in [1.29, 1.82) is 0 Å². The van der Waals surface area contributed by atoms with E-state index in [1.807, 2.05) is 0 Å². The van der Waals surface area contributed by atoms with Gasteiger partial charge in [0.05, 0.1) is 4.90 Å². The zero-order valence-corrected chi connectivity index (χ0v) is 18.5. The van der Waals surface area contributed by atoms with Crippen molar-refractivity contribution in [2.45, 2.75) is 62.3 Å². The van der Waals surface area contributed by atoms with Crippen LogP contribution in [0.3, 0.4) is 0 Å². The van der Waals surface area contributed by atoms with Gasteiger partial charge in [0.15, 0.2) is 0 Å². The number of carbonyl (C=O) groups is 2. The lowest BCUT2D eigenvalue weighted by Gasteiger charge is -2.22. The van der Waals surface area contributed by atoms with Crippen molar-refractivity contribution in [3.63, 3.8) is 0 Å². The first kappa shape index (κ1) is 21.9. The first-order chi connectivity index (χ1) is 14.9. The number of nitrogens with one attached hydrogen (secondary N) is 3. The predicted molar refractivity (Wildman–Crippen MR) is 118 cm³/mol. The number of fused-ring (bicyclic) bond motifs is 2. The zero-order chi connectivity index (χ0) is 21.8. The molecule has 3 unspecified atom stereocenters. The lowest BCUT2D eigenvalue weighted by atomic mass is 9.93. The minimum absolute atomic E-state index is 0.0389. The molecule has 2 fully saturated rings. The minimum atomic E-state index is -3.92. The van der Waals surface area contributed by atoms with Gasteiger partial charge in [-0.25, -0.2) is 17.9 Å². The third-order valence-electron chi connectivity index (χ3n) is 6.73. The Kier molecular flexibility index (Phi) is 6.65. The molecule has 7 nitrogen and oxygen atoms in total. The first-order valence-electron chi connectivity index (χ1n) is 11.3. The van der Waals surface area contributed by atoms with E-state index in [-0.39, 0.29) is 22.8 Å². The standard InChI is InChI=1S/C23H31N3O4S/c27-22(21-15-17-6-9-18(21)14-17)24-13-12-16-7-10-20(11-8-16)31(29,30)26-23(28)25-19-4-2-1-3-5-19/h6-11,17-19,21H,1-5,12-15H2,(H,24,27)(H2,25,26,28). The Morgan fingerprint density at radius 2 is 1.71 bits per heavy atom. The van der Waals surface area contributed by atoms with Gasteiger partial charge in [-0.15, -0.1) is 0 Å². The molecule has 2 saturated carbocycles. The van der Waals surface area contributed by atoms with Crippen LogP contribution in [-0.2, 0) is 21.2 Å². The summed E-state index contributed by atoms with van der Waals surface area (Å²) >= 11 is 0. The Hall–Kier alpha value is -2.35. The summed E-state index contributed by atoms with van der Waals surface area (Å²) in [6, 6.07) is 5.80. The average Bonchev–Trinajstić information content (AvgIpc) is 3.38. The van der Waals surface area contributed by atoms with Gasteiger partial charge in [0.2, 0.25) is 5.91 Å². The highest BCUT2D eigenvalue weighted by Gasteiger charge is 2.39. The maximum absolute atomic E-state index is 12.5. The fourth-order valence-electron chi connectivity index (χ4n) is 5.02. The average molecular weight is 446 g/mol. The highest BCUT2D eigenvalue weighted by Crippen LogP contribution is 2.43. The Morgan fingerprint density at radius 1 is 0.968 bits per heavy atom. The smallest absolute Gasteiger partial charge is 0.328 e. The Labute approximate surface area is 184 Å². The van der Waals surface area contributed by atoms with E-state index in [1.165, 1.54) is 12.1 Å². The molecule has 3 atom stereocenters. The van der Waals surface area contributed by atoms with Crippen LogP contribution in [-0.4, -0.2) is 32.9 Å². The summed E-state index contributed by atoms with van der Waals surface area (Å²) in [5, 5.41) is 5.77. The molecule has 3 aliphatic rings. The molecule has 8 heteroatoms. The summed E-state index contributed by atoms with van der Waals surface area (Å²) < 4.78 is 27.0. The van der Waals surface area contributed by atoms with E-state index < -0.39 is 16.1 Å². The molecule has 1 aromatic rings. The third kappa shape index (κ3) is 5.47. The van der Waals surface area contributed by atoms with Gasteiger partial charge < -0.3 is 10.6 Å². The van der Waals surface area contributed by atoms with Gasteiger partial charge in [-0.05, 0) is 61.6 Å². The SMILES string of the molecule is O=C(NC1CCCCC1)NS(=O)(=O)c1ccc(CCNC(=O)C2CC3C=CC2C3)cc1. The van der Waals surface area contributed by atoms with Gasteiger partial charge in [0.1, 0.15) is 0 Å². The predicted octanol–water partition coefficient (Wildman–Crippen LogP) is 2.88. The molecule has 2 bridgehead atoms. The van der Waals surface area contributed by atoms with Crippen molar-refractivity contribution < 1.29 is 18.0 Å². The number of benzene rings is 1. The van der Waals surface area contributed by atoms with Crippen LogP contribution in [0.1, 0.15) is 50.5 Å². The zero-order valence-electron chi connectivity index (χ0n) is 17.7. The van der Waals surface area contributed by atoms with Crippen LogP contribution >= 0.6 is 0 Å². The van der Waals surface area contributed by atoms with E-state index in [0.29, 0.717) is 24.8 Å². The minimum Gasteiger partial charge on any atom is -0.356 e. The molecule has 31 heavy (non-hydrogen) atoms. The van der Waals surface area contributed by atoms with Crippen LogP contribution in [0, 0.1) is 17.8 Å². The largest absolute Gasteiger partial charge is 0.356 e. The van der Waals surface area contributed by atoms with Gasteiger partial charge >= 0.3 is 6.03 Å². The van der Waals surface area contributed by atoms with E-state index in [2.05, 4.69) is 27.5 Å². The number of hydrogen-bond donors (Lipinski definition) is 3. The summed E-state index contributed by atoms with van der Waals surface area (Å²) in [4.78, 5) is 24.5. The van der Waals surface area contributed by atoms with Gasteiger partial charge in [-0.3, -0.25) is 4.79 Å². The molecule has 0 heterocycles. The van der Waals surface area contributed by atoms with E-state index in [1.54, 1.807) is 12.1 Å². The molecule has 1 aromatic carbocycles. The van der Waals surface area contributed by atoms with Gasteiger partial charge in [-0.2, -0.15) is 0 Å². The van der Waals surface area contributed by atoms with E-state index in [0.717, 1.165) is 50.5 Å². The fourth-order valence-corrected chi connectivity index (χ4v) is 5.94. The lowest BCUT2D eigenvalue weighted by molar-refractivity contribution is -0.125. The van der Waals surface area contributed by atoms with Crippen molar-refractivity contribution in [2.75, 3.05) is 6.54 Å². The molecule has 0 saturated heterocycles. The molecular formula is C23H31N3O4S. The Bertz CT molecular complexity index is 936. The molecule has 4 rings (SSSR count).